The Bertz CT molecular complexity index is 972. The molecule has 0 spiro atoms. The second-order valence-corrected chi connectivity index (χ2v) is 5.80. The average Bonchev–Trinajstić information content (AvgIpc) is 2.68. The molecule has 0 radical (unpaired) electrons. The fraction of sp³-hybridized carbons (Fsp3) is 0.0435. The Labute approximate surface area is 152 Å². The number of hydrogen-bond acceptors (Lipinski definition) is 3. The smallest absolute Gasteiger partial charge is 0.343 e. The molecule has 0 saturated carbocycles. The van der Waals surface area contributed by atoms with E-state index < -0.39 is 5.97 Å². The van der Waals surface area contributed by atoms with E-state index in [0.717, 1.165) is 5.56 Å². The predicted octanol–water partition coefficient (Wildman–Crippen LogP) is 5.09. The van der Waals surface area contributed by atoms with Crippen LogP contribution in [0.15, 0.2) is 79.4 Å². The summed E-state index contributed by atoms with van der Waals surface area (Å²) < 4.78 is 5.52. The Morgan fingerprint density at radius 3 is 2.23 bits per heavy atom. The molecule has 0 atom stereocenters. The van der Waals surface area contributed by atoms with Crippen molar-refractivity contribution in [3.8, 4) is 5.75 Å². The normalized spacial score (nSPS) is 10.2. The van der Waals surface area contributed by atoms with Gasteiger partial charge in [-0.25, -0.2) is 4.79 Å². The van der Waals surface area contributed by atoms with E-state index in [-0.39, 0.29) is 5.78 Å². The molecule has 0 fully saturated rings. The minimum atomic E-state index is -0.500. The lowest BCUT2D eigenvalue weighted by Gasteiger charge is -2.12. The first kappa shape index (κ1) is 17.4. The molecule has 0 aliphatic carbocycles. The lowest BCUT2D eigenvalue weighted by molar-refractivity contribution is 0.0733. The van der Waals surface area contributed by atoms with Crippen LogP contribution in [0.4, 0.5) is 0 Å². The molecule has 128 valence electrons. The van der Waals surface area contributed by atoms with Crippen LogP contribution in [0.3, 0.4) is 0 Å². The Balaban J connectivity index is 1.93. The van der Waals surface area contributed by atoms with Gasteiger partial charge in [0.15, 0.2) is 5.78 Å². The van der Waals surface area contributed by atoms with Crippen molar-refractivity contribution < 1.29 is 14.3 Å². The molecule has 0 unspecified atom stereocenters. The minimum absolute atomic E-state index is 0.121. The third-order valence-corrected chi connectivity index (χ3v) is 4.18. The summed E-state index contributed by atoms with van der Waals surface area (Å²) in [6.45, 7) is 5.48. The van der Waals surface area contributed by atoms with Crippen LogP contribution in [0.25, 0.3) is 6.08 Å². The number of rotatable bonds is 5. The number of benzene rings is 3. The molecule has 3 nitrogen and oxygen atoms in total. The summed E-state index contributed by atoms with van der Waals surface area (Å²) in [5.74, 6) is -0.185. The van der Waals surface area contributed by atoms with Crippen molar-refractivity contribution in [2.45, 2.75) is 6.92 Å². The number of carbonyl (C=O) groups is 2. The lowest BCUT2D eigenvalue weighted by Crippen LogP contribution is -2.14. The summed E-state index contributed by atoms with van der Waals surface area (Å²) >= 11 is 0. The van der Waals surface area contributed by atoms with E-state index in [1.165, 1.54) is 0 Å². The van der Waals surface area contributed by atoms with Crippen LogP contribution in [-0.4, -0.2) is 11.8 Å². The van der Waals surface area contributed by atoms with Crippen LogP contribution in [0.5, 0.6) is 5.75 Å². The van der Waals surface area contributed by atoms with Crippen molar-refractivity contribution in [3.63, 3.8) is 0 Å². The van der Waals surface area contributed by atoms with Gasteiger partial charge in [0.05, 0.1) is 5.56 Å². The number of hydrogen-bond donors (Lipinski definition) is 0. The van der Waals surface area contributed by atoms with Crippen molar-refractivity contribution in [2.75, 3.05) is 0 Å². The van der Waals surface area contributed by atoms with Gasteiger partial charge in [-0.05, 0) is 24.6 Å². The zero-order valence-electron chi connectivity index (χ0n) is 14.4. The molecular weight excluding hydrogens is 324 g/mol. The van der Waals surface area contributed by atoms with Gasteiger partial charge in [-0.3, -0.25) is 4.79 Å². The molecule has 0 saturated heterocycles. The summed E-state index contributed by atoms with van der Waals surface area (Å²) in [7, 11) is 0. The summed E-state index contributed by atoms with van der Waals surface area (Å²) in [6, 6.07) is 21.2. The van der Waals surface area contributed by atoms with Crippen molar-refractivity contribution in [1.29, 1.82) is 0 Å². The number of esters is 1. The summed E-state index contributed by atoms with van der Waals surface area (Å²) in [5, 5.41) is 0. The van der Waals surface area contributed by atoms with E-state index in [1.807, 2.05) is 30.3 Å². The third kappa shape index (κ3) is 3.47. The highest BCUT2D eigenvalue weighted by Crippen LogP contribution is 2.23. The van der Waals surface area contributed by atoms with Gasteiger partial charge in [0.2, 0.25) is 0 Å². The first-order valence-electron chi connectivity index (χ1n) is 8.25. The fourth-order valence-electron chi connectivity index (χ4n) is 2.74. The van der Waals surface area contributed by atoms with Gasteiger partial charge in [-0.1, -0.05) is 73.3 Å². The number of ether oxygens (including phenoxy) is 1. The molecule has 0 aliphatic heterocycles. The highest BCUT2D eigenvalue weighted by atomic mass is 16.5. The maximum atomic E-state index is 12.7. The zero-order chi connectivity index (χ0) is 18.5. The van der Waals surface area contributed by atoms with Crippen molar-refractivity contribution in [3.05, 3.63) is 107 Å². The Hall–Kier alpha value is -3.46. The first-order valence-corrected chi connectivity index (χ1v) is 8.25. The van der Waals surface area contributed by atoms with Crippen molar-refractivity contribution in [1.82, 2.24) is 0 Å². The molecule has 0 heterocycles. The second kappa shape index (κ2) is 7.62. The summed E-state index contributed by atoms with van der Waals surface area (Å²) in [4.78, 5) is 25.4. The van der Waals surface area contributed by atoms with Gasteiger partial charge in [-0.15, -0.1) is 0 Å². The van der Waals surface area contributed by atoms with Gasteiger partial charge >= 0.3 is 5.97 Å². The monoisotopic (exact) mass is 342 g/mol. The maximum Gasteiger partial charge on any atom is 0.343 e. The molecule has 0 aliphatic rings. The van der Waals surface area contributed by atoms with Gasteiger partial charge in [0.25, 0.3) is 0 Å². The molecule has 0 aromatic heterocycles. The quantitative estimate of drug-likeness (QED) is 0.368. The molecular formula is C23H18O3. The molecule has 0 bridgehead atoms. The topological polar surface area (TPSA) is 43.4 Å². The van der Waals surface area contributed by atoms with Gasteiger partial charge in [0, 0.05) is 16.7 Å². The average molecular weight is 342 g/mol. The molecule has 0 N–H and O–H groups in total. The van der Waals surface area contributed by atoms with Crippen molar-refractivity contribution >= 4 is 17.8 Å². The van der Waals surface area contributed by atoms with E-state index in [2.05, 4.69) is 6.58 Å². The number of carbonyl (C=O) groups excluding carboxylic acids is 2. The summed E-state index contributed by atoms with van der Waals surface area (Å²) in [5.41, 5.74) is 2.77. The second-order valence-electron chi connectivity index (χ2n) is 5.80. The van der Waals surface area contributed by atoms with Crippen LogP contribution >= 0.6 is 0 Å². The standard InChI is InChI=1S/C23H18O3/c1-3-17-10-7-8-15-21(17)26-23(25)20-14-9-13-19(16(20)2)22(24)18-11-5-4-6-12-18/h3-15H,1H2,2H3. The lowest BCUT2D eigenvalue weighted by atomic mass is 9.95. The van der Waals surface area contributed by atoms with Gasteiger partial charge in [0.1, 0.15) is 5.75 Å². The van der Waals surface area contributed by atoms with Crippen LogP contribution < -0.4 is 4.74 Å². The largest absolute Gasteiger partial charge is 0.422 e. The minimum Gasteiger partial charge on any atom is -0.422 e. The Morgan fingerprint density at radius 1 is 0.846 bits per heavy atom. The Morgan fingerprint density at radius 2 is 1.50 bits per heavy atom. The van der Waals surface area contributed by atoms with E-state index in [1.54, 1.807) is 55.5 Å². The van der Waals surface area contributed by atoms with E-state index >= 15 is 0 Å². The highest BCUT2D eigenvalue weighted by molar-refractivity contribution is 6.11. The van der Waals surface area contributed by atoms with E-state index in [9.17, 15) is 9.59 Å². The molecule has 3 aromatic carbocycles. The van der Waals surface area contributed by atoms with Crippen molar-refractivity contribution in [2.24, 2.45) is 0 Å². The maximum absolute atomic E-state index is 12.7. The van der Waals surface area contributed by atoms with Crippen LogP contribution in [0, 0.1) is 6.92 Å². The Kier molecular flexibility index (Phi) is 5.09. The summed E-state index contributed by atoms with van der Waals surface area (Å²) in [6.07, 6.45) is 1.63. The van der Waals surface area contributed by atoms with Crippen LogP contribution in [-0.2, 0) is 0 Å². The highest BCUT2D eigenvalue weighted by Gasteiger charge is 2.19. The van der Waals surface area contributed by atoms with Gasteiger partial charge in [-0.2, -0.15) is 0 Å². The molecule has 3 rings (SSSR count). The fourth-order valence-corrected chi connectivity index (χ4v) is 2.74. The SMILES string of the molecule is C=Cc1ccccc1OC(=O)c1cccc(C(=O)c2ccccc2)c1C. The molecule has 0 amide bonds. The molecule has 3 heteroatoms. The van der Waals surface area contributed by atoms with E-state index in [0.29, 0.717) is 28.0 Å². The molecule has 3 aromatic rings. The first-order chi connectivity index (χ1) is 12.6. The van der Waals surface area contributed by atoms with E-state index in [4.69, 9.17) is 4.74 Å². The number of ketones is 1. The third-order valence-electron chi connectivity index (χ3n) is 4.18. The zero-order valence-corrected chi connectivity index (χ0v) is 14.4. The van der Waals surface area contributed by atoms with Gasteiger partial charge < -0.3 is 4.74 Å². The molecule has 26 heavy (non-hydrogen) atoms. The van der Waals surface area contributed by atoms with Crippen LogP contribution in [0.2, 0.25) is 0 Å². The predicted molar refractivity (Wildman–Crippen MR) is 103 cm³/mol. The number of para-hydroxylation sites is 1. The van der Waals surface area contributed by atoms with Crippen LogP contribution in [0.1, 0.15) is 37.4 Å².